The van der Waals surface area contributed by atoms with Gasteiger partial charge in [0.15, 0.2) is 9.84 Å². The van der Waals surface area contributed by atoms with E-state index < -0.39 is 15.4 Å². The Bertz CT molecular complexity index is 361. The first kappa shape index (κ1) is 9.71. The maximum Gasteiger partial charge on any atom is 0.334 e. The van der Waals surface area contributed by atoms with Crippen molar-refractivity contribution in [1.29, 1.82) is 0 Å². The van der Waals surface area contributed by atoms with Crippen molar-refractivity contribution in [3.05, 3.63) is 12.2 Å². The molecular weight excluding hydrogens is 204 g/mol. The fraction of sp³-hybridized carbons (Fsp3) is 0.667. The quantitative estimate of drug-likeness (QED) is 0.435. The molecule has 2 aliphatic rings. The van der Waals surface area contributed by atoms with Crippen molar-refractivity contribution in [1.82, 2.24) is 0 Å². The molecule has 2 saturated heterocycles. The lowest BCUT2D eigenvalue weighted by Crippen LogP contribution is -2.38. The molecule has 0 N–H and O–H groups in total. The van der Waals surface area contributed by atoms with Crippen LogP contribution in [0.2, 0.25) is 0 Å². The van der Waals surface area contributed by atoms with Crippen LogP contribution in [0.15, 0.2) is 12.2 Å². The SMILES string of the molecule is C=C1CC2(CCS(=O)(=O)CC2)OC1=O. The van der Waals surface area contributed by atoms with Crippen LogP contribution in [0.25, 0.3) is 0 Å². The van der Waals surface area contributed by atoms with Gasteiger partial charge in [0, 0.05) is 24.8 Å². The van der Waals surface area contributed by atoms with E-state index in [1.807, 2.05) is 0 Å². The number of rotatable bonds is 0. The van der Waals surface area contributed by atoms with Crippen LogP contribution in [0, 0.1) is 0 Å². The number of sulfone groups is 1. The van der Waals surface area contributed by atoms with Gasteiger partial charge in [-0.05, 0) is 0 Å². The summed E-state index contributed by atoms with van der Waals surface area (Å²) in [6.07, 6.45) is 1.32. The summed E-state index contributed by atoms with van der Waals surface area (Å²) in [5.74, 6) is -0.134. The van der Waals surface area contributed by atoms with Crippen LogP contribution >= 0.6 is 0 Å². The summed E-state index contributed by atoms with van der Waals surface area (Å²) in [5, 5.41) is 0. The highest BCUT2D eigenvalue weighted by atomic mass is 32.2. The van der Waals surface area contributed by atoms with E-state index in [0.717, 1.165) is 0 Å². The summed E-state index contributed by atoms with van der Waals surface area (Å²) in [6.45, 7) is 3.60. The van der Waals surface area contributed by atoms with Crippen molar-refractivity contribution in [3.8, 4) is 0 Å². The van der Waals surface area contributed by atoms with E-state index in [9.17, 15) is 13.2 Å². The first-order chi connectivity index (χ1) is 6.43. The Morgan fingerprint density at radius 2 is 1.86 bits per heavy atom. The molecule has 5 heteroatoms. The van der Waals surface area contributed by atoms with E-state index in [-0.39, 0.29) is 17.5 Å². The molecule has 0 unspecified atom stereocenters. The minimum atomic E-state index is -2.90. The Balaban J connectivity index is 2.15. The van der Waals surface area contributed by atoms with Crippen molar-refractivity contribution in [3.63, 3.8) is 0 Å². The Morgan fingerprint density at radius 3 is 2.29 bits per heavy atom. The Hall–Kier alpha value is -0.840. The average Bonchev–Trinajstić information content (AvgIpc) is 2.36. The van der Waals surface area contributed by atoms with Gasteiger partial charge in [0.25, 0.3) is 0 Å². The highest BCUT2D eigenvalue weighted by Crippen LogP contribution is 2.38. The molecule has 0 radical (unpaired) electrons. The maximum absolute atomic E-state index is 11.2. The lowest BCUT2D eigenvalue weighted by molar-refractivity contribution is -0.147. The highest BCUT2D eigenvalue weighted by Gasteiger charge is 2.46. The number of carbonyl (C=O) groups is 1. The van der Waals surface area contributed by atoms with Crippen LogP contribution in [0.4, 0.5) is 0 Å². The maximum atomic E-state index is 11.2. The molecule has 2 heterocycles. The first-order valence-electron chi connectivity index (χ1n) is 4.54. The topological polar surface area (TPSA) is 60.4 Å². The number of hydrogen-bond donors (Lipinski definition) is 0. The van der Waals surface area contributed by atoms with Gasteiger partial charge in [-0.3, -0.25) is 0 Å². The molecule has 0 bridgehead atoms. The summed E-state index contributed by atoms with van der Waals surface area (Å²) >= 11 is 0. The zero-order chi connectivity index (χ0) is 10.4. The minimum Gasteiger partial charge on any atom is -0.455 e. The molecule has 0 aromatic carbocycles. The fourth-order valence-corrected chi connectivity index (χ4v) is 3.53. The molecule has 2 rings (SSSR count). The second kappa shape index (κ2) is 2.82. The first-order valence-corrected chi connectivity index (χ1v) is 6.36. The molecule has 4 nitrogen and oxygen atoms in total. The van der Waals surface area contributed by atoms with Gasteiger partial charge in [0.05, 0.1) is 11.5 Å². The van der Waals surface area contributed by atoms with Gasteiger partial charge < -0.3 is 4.74 Å². The Kier molecular flexibility index (Phi) is 1.96. The molecule has 2 fully saturated rings. The van der Waals surface area contributed by atoms with Crippen molar-refractivity contribution >= 4 is 15.8 Å². The molecule has 0 saturated carbocycles. The summed E-state index contributed by atoms with van der Waals surface area (Å²) < 4.78 is 27.6. The Labute approximate surface area is 82.9 Å². The molecule has 0 aromatic rings. The van der Waals surface area contributed by atoms with Gasteiger partial charge in [-0.2, -0.15) is 0 Å². The Morgan fingerprint density at radius 1 is 1.29 bits per heavy atom. The molecule has 0 amide bonds. The van der Waals surface area contributed by atoms with Gasteiger partial charge in [0.1, 0.15) is 5.60 Å². The van der Waals surface area contributed by atoms with Gasteiger partial charge in [-0.25, -0.2) is 13.2 Å². The second-order valence-corrected chi connectivity index (χ2v) is 6.31. The van der Waals surface area contributed by atoms with Crippen molar-refractivity contribution in [2.24, 2.45) is 0 Å². The van der Waals surface area contributed by atoms with Crippen molar-refractivity contribution in [2.45, 2.75) is 24.9 Å². The second-order valence-electron chi connectivity index (χ2n) is 4.00. The van der Waals surface area contributed by atoms with Gasteiger partial charge in [-0.15, -0.1) is 0 Å². The van der Waals surface area contributed by atoms with E-state index in [1.54, 1.807) is 0 Å². The normalized spacial score (nSPS) is 29.1. The van der Waals surface area contributed by atoms with Gasteiger partial charge in [0.2, 0.25) is 0 Å². The van der Waals surface area contributed by atoms with E-state index >= 15 is 0 Å². The smallest absolute Gasteiger partial charge is 0.334 e. The monoisotopic (exact) mass is 216 g/mol. The van der Waals surface area contributed by atoms with E-state index in [1.165, 1.54) is 0 Å². The molecule has 2 aliphatic heterocycles. The molecule has 0 atom stereocenters. The fourth-order valence-electron chi connectivity index (χ4n) is 1.95. The average molecular weight is 216 g/mol. The van der Waals surface area contributed by atoms with Crippen LogP contribution in [-0.2, 0) is 19.4 Å². The molecular formula is C9H12O4S. The number of hydrogen-bond acceptors (Lipinski definition) is 4. The third kappa shape index (κ3) is 1.56. The highest BCUT2D eigenvalue weighted by molar-refractivity contribution is 7.91. The number of esters is 1. The van der Waals surface area contributed by atoms with Gasteiger partial charge in [-0.1, -0.05) is 6.58 Å². The van der Waals surface area contributed by atoms with E-state index in [0.29, 0.717) is 24.8 Å². The molecule has 1 spiro atoms. The van der Waals surface area contributed by atoms with Crippen molar-refractivity contribution < 1.29 is 17.9 Å². The van der Waals surface area contributed by atoms with E-state index in [4.69, 9.17) is 4.74 Å². The standard InChI is InChI=1S/C9H12O4S/c1-7-6-9(13-8(7)10)2-4-14(11,12)5-3-9/h1-6H2. The molecule has 14 heavy (non-hydrogen) atoms. The van der Waals surface area contributed by atoms with Gasteiger partial charge >= 0.3 is 5.97 Å². The minimum absolute atomic E-state index is 0.119. The number of carbonyl (C=O) groups excluding carboxylic acids is 1. The predicted octanol–water partition coefficient (Wildman–Crippen LogP) is 0.437. The number of ether oxygens (including phenoxy) is 1. The largest absolute Gasteiger partial charge is 0.455 e. The lowest BCUT2D eigenvalue weighted by Gasteiger charge is -2.30. The zero-order valence-corrected chi connectivity index (χ0v) is 8.60. The zero-order valence-electron chi connectivity index (χ0n) is 7.78. The summed E-state index contributed by atoms with van der Waals surface area (Å²) in [6, 6.07) is 0. The van der Waals surface area contributed by atoms with Crippen LogP contribution in [0.1, 0.15) is 19.3 Å². The summed E-state index contributed by atoms with van der Waals surface area (Å²) in [7, 11) is -2.90. The predicted molar refractivity (Wildman–Crippen MR) is 50.5 cm³/mol. The van der Waals surface area contributed by atoms with Crippen LogP contribution in [0.5, 0.6) is 0 Å². The third-order valence-electron chi connectivity index (χ3n) is 2.87. The molecule has 0 aliphatic carbocycles. The van der Waals surface area contributed by atoms with Crippen LogP contribution < -0.4 is 0 Å². The molecule has 78 valence electrons. The lowest BCUT2D eigenvalue weighted by atomic mass is 9.92. The molecule has 0 aromatic heterocycles. The summed E-state index contributed by atoms with van der Waals surface area (Å²) in [5.41, 5.74) is -0.0938. The van der Waals surface area contributed by atoms with Crippen LogP contribution in [-0.4, -0.2) is 31.5 Å². The van der Waals surface area contributed by atoms with Crippen molar-refractivity contribution in [2.75, 3.05) is 11.5 Å². The third-order valence-corrected chi connectivity index (χ3v) is 4.52. The summed E-state index contributed by atoms with van der Waals surface area (Å²) in [4.78, 5) is 11.1. The van der Waals surface area contributed by atoms with E-state index in [2.05, 4.69) is 6.58 Å². The van der Waals surface area contributed by atoms with Crippen LogP contribution in [0.3, 0.4) is 0 Å².